The van der Waals surface area contributed by atoms with Crippen molar-refractivity contribution in [3.05, 3.63) is 11.7 Å². The van der Waals surface area contributed by atoms with Crippen molar-refractivity contribution in [2.45, 2.75) is 32.2 Å². The fourth-order valence-electron chi connectivity index (χ4n) is 1.23. The lowest BCUT2D eigenvalue weighted by Crippen LogP contribution is -2.35. The molecule has 0 spiro atoms. The molecule has 66 valence electrons. The smallest absolute Gasteiger partial charge is 0.243 e. The Morgan fingerprint density at radius 3 is 3.08 bits per heavy atom. The van der Waals surface area contributed by atoms with Crippen molar-refractivity contribution < 1.29 is 4.52 Å². The zero-order valence-electron chi connectivity index (χ0n) is 7.21. The number of rotatable bonds is 3. The van der Waals surface area contributed by atoms with E-state index in [0.29, 0.717) is 6.04 Å². The first-order chi connectivity index (χ1) is 5.90. The van der Waals surface area contributed by atoms with Crippen LogP contribution in [0.25, 0.3) is 0 Å². The second kappa shape index (κ2) is 3.23. The minimum absolute atomic E-state index is 0.322. The summed E-state index contributed by atoms with van der Waals surface area (Å²) in [4.78, 5) is 4.28. The molecule has 0 saturated carbocycles. The SMILES string of the molecule is CCCc1noc([C@H]2CCN2)n1. The van der Waals surface area contributed by atoms with Gasteiger partial charge in [0.05, 0.1) is 6.04 Å². The summed E-state index contributed by atoms with van der Waals surface area (Å²) in [6.07, 6.45) is 3.10. The first-order valence-corrected chi connectivity index (χ1v) is 4.46. The Bertz CT molecular complexity index is 255. The topological polar surface area (TPSA) is 51.0 Å². The summed E-state index contributed by atoms with van der Waals surface area (Å²) in [6.45, 7) is 3.17. The van der Waals surface area contributed by atoms with E-state index in [2.05, 4.69) is 22.4 Å². The van der Waals surface area contributed by atoms with Gasteiger partial charge in [-0.1, -0.05) is 12.1 Å². The van der Waals surface area contributed by atoms with E-state index >= 15 is 0 Å². The molecule has 2 rings (SSSR count). The minimum Gasteiger partial charge on any atom is -0.338 e. The van der Waals surface area contributed by atoms with Gasteiger partial charge >= 0.3 is 0 Å². The molecule has 1 atom stereocenters. The molecule has 2 heterocycles. The molecule has 1 aliphatic rings. The summed E-state index contributed by atoms with van der Waals surface area (Å²) < 4.78 is 5.10. The average molecular weight is 167 g/mol. The number of nitrogens with one attached hydrogen (secondary N) is 1. The maximum absolute atomic E-state index is 5.10. The van der Waals surface area contributed by atoms with Crippen LogP contribution in [0.3, 0.4) is 0 Å². The van der Waals surface area contributed by atoms with E-state index in [4.69, 9.17) is 4.52 Å². The Kier molecular flexibility index (Phi) is 2.08. The van der Waals surface area contributed by atoms with Gasteiger partial charge < -0.3 is 9.84 Å². The van der Waals surface area contributed by atoms with Gasteiger partial charge in [0.2, 0.25) is 5.89 Å². The molecule has 1 aromatic heterocycles. The molecule has 0 unspecified atom stereocenters. The van der Waals surface area contributed by atoms with Crippen molar-refractivity contribution in [3.8, 4) is 0 Å². The monoisotopic (exact) mass is 167 g/mol. The Morgan fingerprint density at radius 2 is 2.50 bits per heavy atom. The Balaban J connectivity index is 2.02. The van der Waals surface area contributed by atoms with Gasteiger partial charge in [-0.3, -0.25) is 0 Å². The number of hydrogen-bond acceptors (Lipinski definition) is 4. The van der Waals surface area contributed by atoms with Gasteiger partial charge in [0.1, 0.15) is 0 Å². The molecule has 1 aromatic rings. The third-order valence-corrected chi connectivity index (χ3v) is 2.08. The molecule has 0 bridgehead atoms. The molecule has 0 aromatic carbocycles. The number of aromatic nitrogens is 2. The highest BCUT2D eigenvalue weighted by Gasteiger charge is 2.24. The maximum atomic E-state index is 5.10. The van der Waals surface area contributed by atoms with Crippen LogP contribution in [0.2, 0.25) is 0 Å². The molecule has 1 saturated heterocycles. The fraction of sp³-hybridized carbons (Fsp3) is 0.750. The van der Waals surface area contributed by atoms with Crippen molar-refractivity contribution in [1.82, 2.24) is 15.5 Å². The molecule has 1 N–H and O–H groups in total. The highest BCUT2D eigenvalue weighted by atomic mass is 16.5. The van der Waals surface area contributed by atoms with Crippen molar-refractivity contribution in [3.63, 3.8) is 0 Å². The summed E-state index contributed by atoms with van der Waals surface area (Å²) in [6, 6.07) is 0.322. The fourth-order valence-corrected chi connectivity index (χ4v) is 1.23. The number of hydrogen-bond donors (Lipinski definition) is 1. The van der Waals surface area contributed by atoms with Gasteiger partial charge in [0.15, 0.2) is 5.82 Å². The molecule has 4 heteroatoms. The van der Waals surface area contributed by atoms with Crippen LogP contribution >= 0.6 is 0 Å². The van der Waals surface area contributed by atoms with Crippen LogP contribution in [0.5, 0.6) is 0 Å². The Labute approximate surface area is 71.4 Å². The van der Waals surface area contributed by atoms with Crippen molar-refractivity contribution >= 4 is 0 Å². The van der Waals surface area contributed by atoms with Crippen LogP contribution in [-0.4, -0.2) is 16.7 Å². The van der Waals surface area contributed by atoms with Gasteiger partial charge in [-0.2, -0.15) is 4.98 Å². The van der Waals surface area contributed by atoms with Crippen LogP contribution in [0.4, 0.5) is 0 Å². The van der Waals surface area contributed by atoms with Gasteiger partial charge in [-0.25, -0.2) is 0 Å². The maximum Gasteiger partial charge on any atom is 0.243 e. The number of nitrogens with zero attached hydrogens (tertiary/aromatic N) is 2. The summed E-state index contributed by atoms with van der Waals surface area (Å²) in [7, 11) is 0. The third kappa shape index (κ3) is 1.34. The van der Waals surface area contributed by atoms with E-state index in [1.807, 2.05) is 0 Å². The predicted octanol–water partition coefficient (Wildman–Crippen LogP) is 1.06. The second-order valence-corrected chi connectivity index (χ2v) is 3.09. The first-order valence-electron chi connectivity index (χ1n) is 4.46. The lowest BCUT2D eigenvalue weighted by Gasteiger charge is -2.23. The summed E-state index contributed by atoms with van der Waals surface area (Å²) in [5.74, 6) is 1.59. The zero-order chi connectivity index (χ0) is 8.39. The lowest BCUT2D eigenvalue weighted by atomic mass is 10.1. The van der Waals surface area contributed by atoms with Crippen LogP contribution in [0, 0.1) is 0 Å². The molecule has 12 heavy (non-hydrogen) atoms. The summed E-state index contributed by atoms with van der Waals surface area (Å²) in [5, 5.41) is 7.10. The average Bonchev–Trinajstić information content (AvgIpc) is 2.34. The van der Waals surface area contributed by atoms with E-state index in [1.165, 1.54) is 0 Å². The van der Waals surface area contributed by atoms with E-state index in [-0.39, 0.29) is 0 Å². The minimum atomic E-state index is 0.322. The van der Waals surface area contributed by atoms with Crippen LogP contribution < -0.4 is 5.32 Å². The molecule has 1 aliphatic heterocycles. The normalized spacial score (nSPS) is 22.2. The van der Waals surface area contributed by atoms with Crippen molar-refractivity contribution in [1.29, 1.82) is 0 Å². The molecular formula is C8H13N3O. The summed E-state index contributed by atoms with van der Waals surface area (Å²) in [5.41, 5.74) is 0. The zero-order valence-corrected chi connectivity index (χ0v) is 7.21. The van der Waals surface area contributed by atoms with Crippen molar-refractivity contribution in [2.75, 3.05) is 6.54 Å². The molecule has 0 amide bonds. The van der Waals surface area contributed by atoms with Gasteiger partial charge in [-0.15, -0.1) is 0 Å². The van der Waals surface area contributed by atoms with E-state index < -0.39 is 0 Å². The summed E-state index contributed by atoms with van der Waals surface area (Å²) >= 11 is 0. The van der Waals surface area contributed by atoms with Crippen LogP contribution in [0.15, 0.2) is 4.52 Å². The Morgan fingerprint density at radius 1 is 1.67 bits per heavy atom. The van der Waals surface area contributed by atoms with E-state index in [1.54, 1.807) is 0 Å². The highest BCUT2D eigenvalue weighted by molar-refractivity contribution is 4.97. The standard InChI is InChI=1S/C8H13N3O/c1-2-3-7-10-8(12-11-7)6-4-5-9-6/h6,9H,2-5H2,1H3/t6-/m1/s1. The molecule has 0 aliphatic carbocycles. The van der Waals surface area contributed by atoms with Crippen LogP contribution in [-0.2, 0) is 6.42 Å². The molecule has 1 fully saturated rings. The first kappa shape index (κ1) is 7.73. The second-order valence-electron chi connectivity index (χ2n) is 3.09. The van der Waals surface area contributed by atoms with E-state index in [9.17, 15) is 0 Å². The molecular weight excluding hydrogens is 154 g/mol. The van der Waals surface area contributed by atoms with Gasteiger partial charge in [0.25, 0.3) is 0 Å². The van der Waals surface area contributed by atoms with Crippen LogP contribution in [0.1, 0.15) is 37.5 Å². The number of aryl methyl sites for hydroxylation is 1. The molecule has 0 radical (unpaired) electrons. The van der Waals surface area contributed by atoms with Gasteiger partial charge in [-0.05, 0) is 19.4 Å². The lowest BCUT2D eigenvalue weighted by molar-refractivity contribution is 0.272. The largest absolute Gasteiger partial charge is 0.338 e. The van der Waals surface area contributed by atoms with Crippen molar-refractivity contribution in [2.24, 2.45) is 0 Å². The van der Waals surface area contributed by atoms with Gasteiger partial charge in [0, 0.05) is 6.42 Å². The Hall–Kier alpha value is -0.900. The predicted molar refractivity (Wildman–Crippen MR) is 43.7 cm³/mol. The quantitative estimate of drug-likeness (QED) is 0.731. The molecule has 4 nitrogen and oxygen atoms in total. The van der Waals surface area contributed by atoms with E-state index in [0.717, 1.165) is 37.5 Å². The highest BCUT2D eigenvalue weighted by Crippen LogP contribution is 2.20. The third-order valence-electron chi connectivity index (χ3n) is 2.08.